The maximum atomic E-state index is 11.1. The van der Waals surface area contributed by atoms with Crippen molar-refractivity contribution in [3.63, 3.8) is 0 Å². The summed E-state index contributed by atoms with van der Waals surface area (Å²) in [4.78, 5) is 11.0. The zero-order valence-corrected chi connectivity index (χ0v) is 16.4. The molecule has 1 aliphatic heterocycles. The predicted molar refractivity (Wildman–Crippen MR) is 108 cm³/mol. The van der Waals surface area contributed by atoms with Crippen molar-refractivity contribution in [3.05, 3.63) is 47.8 Å². The highest BCUT2D eigenvalue weighted by molar-refractivity contribution is 7.73. The summed E-state index contributed by atoms with van der Waals surface area (Å²) in [6, 6.07) is 9.38. The van der Waals surface area contributed by atoms with Gasteiger partial charge in [-0.15, -0.1) is 0 Å². The van der Waals surface area contributed by atoms with Crippen molar-refractivity contribution in [2.75, 3.05) is 30.4 Å². The van der Waals surface area contributed by atoms with E-state index in [9.17, 15) is 8.42 Å². The van der Waals surface area contributed by atoms with Crippen LogP contribution in [0.2, 0.25) is 0 Å². The molecule has 0 saturated carbocycles. The van der Waals surface area contributed by atoms with Gasteiger partial charge in [0.25, 0.3) is 0 Å². The molecule has 0 atom stereocenters. The van der Waals surface area contributed by atoms with Crippen molar-refractivity contribution in [3.8, 4) is 11.5 Å². The van der Waals surface area contributed by atoms with Gasteiger partial charge in [0.2, 0.25) is 10.9 Å². The molecule has 1 aliphatic rings. The quantitative estimate of drug-likeness (QED) is 0.634. The van der Waals surface area contributed by atoms with E-state index >= 15 is 0 Å². The average molecular weight is 400 g/mol. The number of fused-ring (bicyclic) bond motifs is 2. The Labute approximate surface area is 164 Å². The van der Waals surface area contributed by atoms with Crippen LogP contribution in [0.1, 0.15) is 11.1 Å². The van der Waals surface area contributed by atoms with E-state index in [0.717, 1.165) is 27.8 Å². The van der Waals surface area contributed by atoms with Crippen molar-refractivity contribution in [2.45, 2.75) is 13.0 Å². The third-order valence-electron chi connectivity index (χ3n) is 4.90. The van der Waals surface area contributed by atoms with Crippen LogP contribution in [0.25, 0.3) is 10.9 Å². The second kappa shape index (κ2) is 7.51. The van der Waals surface area contributed by atoms with Crippen LogP contribution in [0.4, 0.5) is 11.5 Å². The number of methoxy groups -OCH3 is 2. The molecule has 0 spiro atoms. The third kappa shape index (κ3) is 3.29. The molecule has 0 unspecified atom stereocenters. The Kier molecular flexibility index (Phi) is 4.91. The van der Waals surface area contributed by atoms with Gasteiger partial charge < -0.3 is 14.4 Å². The summed E-state index contributed by atoms with van der Waals surface area (Å²) in [5.74, 6) is 2.05. The van der Waals surface area contributed by atoms with E-state index in [2.05, 4.69) is 19.6 Å². The molecule has 9 heteroatoms. The second-order valence-electron chi connectivity index (χ2n) is 6.41. The summed E-state index contributed by atoms with van der Waals surface area (Å²) >= 11 is 0. The smallest absolute Gasteiger partial charge is 0.222 e. The number of anilines is 2. The van der Waals surface area contributed by atoms with E-state index in [1.807, 2.05) is 24.3 Å². The first kappa shape index (κ1) is 18.3. The van der Waals surface area contributed by atoms with Crippen molar-refractivity contribution in [1.29, 1.82) is 0 Å². The Balaban J connectivity index is 1.74. The van der Waals surface area contributed by atoms with Gasteiger partial charge in [0.1, 0.15) is 12.1 Å². The lowest BCUT2D eigenvalue weighted by molar-refractivity contribution is 0.356. The van der Waals surface area contributed by atoms with Crippen molar-refractivity contribution < 1.29 is 17.9 Å². The van der Waals surface area contributed by atoms with Crippen LogP contribution in [0.5, 0.6) is 11.5 Å². The van der Waals surface area contributed by atoms with Gasteiger partial charge in [0.15, 0.2) is 11.5 Å². The topological polar surface area (TPSA) is 93.7 Å². The molecule has 1 aromatic heterocycles. The van der Waals surface area contributed by atoms with E-state index in [-0.39, 0.29) is 0 Å². The van der Waals surface area contributed by atoms with Crippen molar-refractivity contribution >= 4 is 33.3 Å². The molecule has 2 heterocycles. The molecule has 28 heavy (non-hydrogen) atoms. The van der Waals surface area contributed by atoms with Gasteiger partial charge in [-0.05, 0) is 29.7 Å². The van der Waals surface area contributed by atoms with E-state index in [1.54, 1.807) is 26.6 Å². The molecule has 4 rings (SSSR count). The van der Waals surface area contributed by atoms with Crippen LogP contribution in [0, 0.1) is 0 Å². The number of nitrogens with zero attached hydrogens (tertiary/aromatic N) is 3. The Hall–Kier alpha value is -3.07. The minimum absolute atomic E-state index is 0.617. The van der Waals surface area contributed by atoms with Gasteiger partial charge in [-0.1, -0.05) is 12.1 Å². The van der Waals surface area contributed by atoms with Crippen LogP contribution >= 0.6 is 0 Å². The molecule has 2 aromatic carbocycles. The lowest BCUT2D eigenvalue weighted by Crippen LogP contribution is -2.31. The molecule has 0 amide bonds. The average Bonchev–Trinajstić information content (AvgIpc) is 2.71. The summed E-state index contributed by atoms with van der Waals surface area (Å²) in [6.07, 6.45) is 2.25. The van der Waals surface area contributed by atoms with E-state index in [1.165, 1.54) is 0 Å². The van der Waals surface area contributed by atoms with Gasteiger partial charge in [-0.25, -0.2) is 18.4 Å². The number of thiol groups is 1. The first-order chi connectivity index (χ1) is 13.6. The van der Waals surface area contributed by atoms with E-state index < -0.39 is 10.9 Å². The zero-order valence-electron chi connectivity index (χ0n) is 15.5. The maximum absolute atomic E-state index is 11.1. The molecular weight excluding hydrogens is 380 g/mol. The normalized spacial score (nSPS) is 13.5. The number of nitrogens with one attached hydrogen (secondary N) is 1. The highest BCUT2D eigenvalue weighted by atomic mass is 32.2. The van der Waals surface area contributed by atoms with Gasteiger partial charge >= 0.3 is 0 Å². The zero-order chi connectivity index (χ0) is 19.7. The fraction of sp³-hybridized carbons (Fsp3) is 0.263. The Morgan fingerprint density at radius 3 is 2.64 bits per heavy atom. The molecule has 0 aliphatic carbocycles. The maximum Gasteiger partial charge on any atom is 0.222 e. The standard InChI is InChI=1S/C19H20N4O4S/c1-26-17-8-14-16(9-18(17)27-2)20-11-21-19(14)23-7-6-13-12(10-23)4-3-5-15(13)22-28(24)25/h3-5,8-9,11,28H,6-7,10H2,1-2H3,(H,22,24,25). The third-order valence-corrected chi connectivity index (χ3v) is 5.32. The summed E-state index contributed by atoms with van der Waals surface area (Å²) in [5, 5.41) is 0.875. The number of hydrogen-bond acceptors (Lipinski definition) is 7. The largest absolute Gasteiger partial charge is 0.493 e. The van der Waals surface area contributed by atoms with Crippen LogP contribution in [0.15, 0.2) is 36.7 Å². The van der Waals surface area contributed by atoms with Crippen LogP contribution in [-0.2, 0) is 23.9 Å². The number of aromatic nitrogens is 2. The van der Waals surface area contributed by atoms with Crippen molar-refractivity contribution in [2.24, 2.45) is 0 Å². The second-order valence-corrected chi connectivity index (χ2v) is 7.14. The highest BCUT2D eigenvalue weighted by Crippen LogP contribution is 2.36. The predicted octanol–water partition coefficient (Wildman–Crippen LogP) is 2.15. The highest BCUT2D eigenvalue weighted by Gasteiger charge is 2.22. The first-order valence-corrected chi connectivity index (χ1v) is 9.92. The first-order valence-electron chi connectivity index (χ1n) is 8.74. The summed E-state index contributed by atoms with van der Waals surface area (Å²) < 4.78 is 35.5. The molecule has 146 valence electrons. The fourth-order valence-electron chi connectivity index (χ4n) is 3.61. The molecule has 0 fully saturated rings. The summed E-state index contributed by atoms with van der Waals surface area (Å²) in [5.41, 5.74) is 3.51. The van der Waals surface area contributed by atoms with Gasteiger partial charge in [-0.3, -0.25) is 4.72 Å². The molecule has 3 aromatic rings. The molecule has 1 N–H and O–H groups in total. The fourth-order valence-corrected chi connectivity index (χ4v) is 4.02. The Bertz CT molecular complexity index is 1110. The number of benzene rings is 2. The molecule has 8 nitrogen and oxygen atoms in total. The molecule has 0 saturated heterocycles. The van der Waals surface area contributed by atoms with E-state index in [0.29, 0.717) is 36.7 Å². The summed E-state index contributed by atoms with van der Waals surface area (Å²) in [7, 11) is 0.498. The van der Waals surface area contributed by atoms with E-state index in [4.69, 9.17) is 9.47 Å². The van der Waals surface area contributed by atoms with Crippen molar-refractivity contribution in [1.82, 2.24) is 9.97 Å². The molecule has 0 bridgehead atoms. The summed E-state index contributed by atoms with van der Waals surface area (Å²) in [6.45, 7) is 1.34. The Morgan fingerprint density at radius 1 is 1.11 bits per heavy atom. The lowest BCUT2D eigenvalue weighted by atomic mass is 9.98. The number of ether oxygens (including phenoxy) is 2. The number of hydrogen-bond donors (Lipinski definition) is 2. The molecule has 0 radical (unpaired) electrons. The Morgan fingerprint density at radius 2 is 1.89 bits per heavy atom. The van der Waals surface area contributed by atoms with Crippen LogP contribution < -0.4 is 19.1 Å². The van der Waals surface area contributed by atoms with Gasteiger partial charge in [-0.2, -0.15) is 0 Å². The van der Waals surface area contributed by atoms with Gasteiger partial charge in [0, 0.05) is 24.5 Å². The van der Waals surface area contributed by atoms with Crippen LogP contribution in [0.3, 0.4) is 0 Å². The minimum Gasteiger partial charge on any atom is -0.493 e. The minimum atomic E-state index is -2.69. The number of rotatable bonds is 5. The lowest BCUT2D eigenvalue weighted by Gasteiger charge is -2.31. The SMILES string of the molecule is COc1cc2ncnc(N3CCc4c(cccc4N[SH](=O)=O)C3)c2cc1OC. The van der Waals surface area contributed by atoms with Gasteiger partial charge in [0.05, 0.1) is 25.4 Å². The molecular formula is C19H20N4O4S. The monoisotopic (exact) mass is 400 g/mol. The van der Waals surface area contributed by atoms with Crippen LogP contribution in [-0.4, -0.2) is 39.2 Å².